The van der Waals surface area contributed by atoms with Gasteiger partial charge in [-0.25, -0.2) is 8.96 Å². The minimum atomic E-state index is -0.359. The first-order valence-corrected chi connectivity index (χ1v) is 7.44. The summed E-state index contributed by atoms with van der Waals surface area (Å²) in [5.41, 5.74) is 2.12. The van der Waals surface area contributed by atoms with Crippen LogP contribution in [0.1, 0.15) is 10.4 Å². The van der Waals surface area contributed by atoms with E-state index in [2.05, 4.69) is 4.98 Å². The van der Waals surface area contributed by atoms with Crippen LogP contribution >= 0.6 is 0 Å². The summed E-state index contributed by atoms with van der Waals surface area (Å²) in [6.45, 7) is 0.144. The smallest absolute Gasteiger partial charge is 0.287 e. The first kappa shape index (κ1) is 18.7. The number of benzene rings is 2. The Morgan fingerprint density at radius 3 is 2.48 bits per heavy atom. The van der Waals surface area contributed by atoms with Gasteiger partial charge in [0.2, 0.25) is 5.78 Å². The van der Waals surface area contributed by atoms with E-state index in [4.69, 9.17) is 4.74 Å². The zero-order chi connectivity index (χ0) is 16.9. The van der Waals surface area contributed by atoms with Crippen LogP contribution in [-0.2, 0) is 6.54 Å². The van der Waals surface area contributed by atoms with Crippen molar-refractivity contribution in [2.24, 2.45) is 0 Å². The number of ketones is 1. The summed E-state index contributed by atoms with van der Waals surface area (Å²) in [5, 5.41) is 0. The summed E-state index contributed by atoms with van der Waals surface area (Å²) in [4.78, 5) is 16.6. The Bertz CT molecular complexity index is 852. The molecule has 1 heterocycles. The first-order chi connectivity index (χ1) is 11.7. The molecule has 0 unspecified atom stereocenters. The van der Waals surface area contributed by atoms with Gasteiger partial charge in [0.15, 0.2) is 12.2 Å². The highest BCUT2D eigenvalue weighted by atomic mass is 79.9. The fourth-order valence-corrected chi connectivity index (χ4v) is 2.39. The SMILES string of the molecule is COc1ccccc1-c1cc[n+](CC(=O)c2ccc(F)cc2)cn1.[Br-]. The Kier molecular flexibility index (Phi) is 6.36. The summed E-state index contributed by atoms with van der Waals surface area (Å²) in [5.74, 6) is 0.277. The topological polar surface area (TPSA) is 43.1 Å². The summed E-state index contributed by atoms with van der Waals surface area (Å²) in [6, 6.07) is 15.0. The molecule has 0 spiro atoms. The third-order valence-corrected chi connectivity index (χ3v) is 3.64. The molecule has 25 heavy (non-hydrogen) atoms. The number of aromatic nitrogens is 2. The third kappa shape index (κ3) is 4.48. The van der Waals surface area contributed by atoms with E-state index in [0.717, 1.165) is 17.0 Å². The second-order valence-corrected chi connectivity index (χ2v) is 5.25. The van der Waals surface area contributed by atoms with Crippen LogP contribution in [0.2, 0.25) is 0 Å². The number of carbonyl (C=O) groups excluding carboxylic acids is 1. The van der Waals surface area contributed by atoms with Gasteiger partial charge in [0.05, 0.1) is 18.9 Å². The van der Waals surface area contributed by atoms with Gasteiger partial charge in [0.1, 0.15) is 11.6 Å². The van der Waals surface area contributed by atoms with Crippen LogP contribution in [0.25, 0.3) is 11.3 Å². The lowest BCUT2D eigenvalue weighted by atomic mass is 10.1. The summed E-state index contributed by atoms with van der Waals surface area (Å²) in [7, 11) is 1.61. The van der Waals surface area contributed by atoms with Crippen LogP contribution in [0.3, 0.4) is 0 Å². The van der Waals surface area contributed by atoms with Crippen molar-refractivity contribution < 1.29 is 35.5 Å². The molecule has 0 atom stereocenters. The predicted octanol–water partition coefficient (Wildman–Crippen LogP) is 0.0707. The number of methoxy groups -OCH3 is 1. The van der Waals surface area contributed by atoms with Crippen LogP contribution in [0.4, 0.5) is 4.39 Å². The van der Waals surface area contributed by atoms with Gasteiger partial charge in [-0.15, -0.1) is 0 Å². The zero-order valence-electron chi connectivity index (χ0n) is 13.5. The Morgan fingerprint density at radius 2 is 1.84 bits per heavy atom. The monoisotopic (exact) mass is 402 g/mol. The van der Waals surface area contributed by atoms with Crippen molar-refractivity contribution in [3.63, 3.8) is 0 Å². The minimum Gasteiger partial charge on any atom is -1.00 e. The fourth-order valence-electron chi connectivity index (χ4n) is 2.39. The minimum absolute atomic E-state index is 0. The molecule has 2 aromatic carbocycles. The maximum Gasteiger partial charge on any atom is 0.287 e. The van der Waals surface area contributed by atoms with Crippen LogP contribution in [-0.4, -0.2) is 17.9 Å². The number of hydrogen-bond acceptors (Lipinski definition) is 3. The number of nitrogens with zero attached hydrogens (tertiary/aromatic N) is 2. The molecule has 3 rings (SSSR count). The number of para-hydroxylation sites is 1. The molecular weight excluding hydrogens is 387 g/mol. The van der Waals surface area contributed by atoms with Gasteiger partial charge in [-0.2, -0.15) is 0 Å². The molecule has 0 N–H and O–H groups in total. The highest BCUT2D eigenvalue weighted by Gasteiger charge is 2.14. The molecule has 0 aliphatic heterocycles. The predicted molar refractivity (Wildman–Crippen MR) is 87.2 cm³/mol. The van der Waals surface area contributed by atoms with E-state index in [1.54, 1.807) is 24.2 Å². The Labute approximate surface area is 155 Å². The summed E-state index contributed by atoms with van der Waals surface area (Å²) >= 11 is 0. The normalized spacial score (nSPS) is 10.0. The molecule has 0 fully saturated rings. The van der Waals surface area contributed by atoms with Gasteiger partial charge in [0, 0.05) is 11.6 Å². The molecule has 3 aromatic rings. The molecule has 0 aliphatic rings. The quantitative estimate of drug-likeness (QED) is 0.448. The summed E-state index contributed by atoms with van der Waals surface area (Å²) in [6.07, 6.45) is 3.39. The molecule has 6 heteroatoms. The number of halogens is 2. The number of carbonyl (C=O) groups is 1. The van der Waals surface area contributed by atoms with Crippen molar-refractivity contribution in [3.8, 4) is 17.0 Å². The maximum atomic E-state index is 12.9. The highest BCUT2D eigenvalue weighted by Crippen LogP contribution is 2.26. The lowest BCUT2D eigenvalue weighted by Crippen LogP contribution is -3.00. The van der Waals surface area contributed by atoms with Gasteiger partial charge in [-0.3, -0.25) is 4.79 Å². The van der Waals surface area contributed by atoms with Crippen molar-refractivity contribution in [1.29, 1.82) is 0 Å². The van der Waals surface area contributed by atoms with Crippen LogP contribution in [0.5, 0.6) is 5.75 Å². The average molecular weight is 403 g/mol. The van der Waals surface area contributed by atoms with E-state index in [1.807, 2.05) is 30.3 Å². The Hall–Kier alpha value is -2.60. The molecule has 0 bridgehead atoms. The van der Waals surface area contributed by atoms with E-state index in [0.29, 0.717) is 5.56 Å². The van der Waals surface area contributed by atoms with Crippen LogP contribution < -0.4 is 26.3 Å². The largest absolute Gasteiger partial charge is 1.00 e. The van der Waals surface area contributed by atoms with Gasteiger partial charge < -0.3 is 21.7 Å². The standard InChI is InChI=1S/C19H16FN2O2.BrH/c1-24-19-5-3-2-4-16(19)17-10-11-22(13-21-17)12-18(23)14-6-8-15(20)9-7-14;/h2-11,13H,12H2,1H3;1H/q+1;/p-1. The number of ether oxygens (including phenoxy) is 1. The molecule has 0 saturated carbocycles. The van der Waals surface area contributed by atoms with E-state index in [-0.39, 0.29) is 35.1 Å². The number of Topliss-reactive ketones (excluding diaryl/α,β-unsaturated/α-hetero) is 1. The summed E-state index contributed by atoms with van der Waals surface area (Å²) < 4.78 is 19.9. The second-order valence-electron chi connectivity index (χ2n) is 5.25. The maximum absolute atomic E-state index is 12.9. The van der Waals surface area contributed by atoms with Crippen molar-refractivity contribution in [2.75, 3.05) is 7.11 Å². The van der Waals surface area contributed by atoms with E-state index < -0.39 is 0 Å². The van der Waals surface area contributed by atoms with E-state index >= 15 is 0 Å². The second kappa shape index (κ2) is 8.48. The van der Waals surface area contributed by atoms with Crippen LogP contribution in [0.15, 0.2) is 67.1 Å². The van der Waals surface area contributed by atoms with Crippen molar-refractivity contribution in [2.45, 2.75) is 6.54 Å². The van der Waals surface area contributed by atoms with Gasteiger partial charge in [-0.1, -0.05) is 12.1 Å². The van der Waals surface area contributed by atoms with Gasteiger partial charge in [0.25, 0.3) is 6.33 Å². The van der Waals surface area contributed by atoms with Crippen molar-refractivity contribution >= 4 is 5.78 Å². The van der Waals surface area contributed by atoms with E-state index in [9.17, 15) is 9.18 Å². The molecule has 0 saturated heterocycles. The molecule has 128 valence electrons. The Balaban J connectivity index is 0.00000225. The molecular formula is C19H16BrFN2O2. The number of rotatable bonds is 5. The van der Waals surface area contributed by atoms with Crippen molar-refractivity contribution in [3.05, 3.63) is 78.5 Å². The Morgan fingerprint density at radius 1 is 1.12 bits per heavy atom. The van der Waals surface area contributed by atoms with Crippen molar-refractivity contribution in [1.82, 2.24) is 4.98 Å². The average Bonchev–Trinajstić information content (AvgIpc) is 2.63. The molecule has 0 amide bonds. The van der Waals surface area contributed by atoms with E-state index in [1.165, 1.54) is 24.3 Å². The lowest BCUT2D eigenvalue weighted by molar-refractivity contribution is -0.686. The molecule has 0 aliphatic carbocycles. The molecule has 1 aromatic heterocycles. The highest BCUT2D eigenvalue weighted by molar-refractivity contribution is 5.94. The van der Waals surface area contributed by atoms with Gasteiger partial charge in [-0.05, 0) is 41.4 Å². The third-order valence-electron chi connectivity index (χ3n) is 3.64. The van der Waals surface area contributed by atoms with Crippen LogP contribution in [0, 0.1) is 5.82 Å². The number of hydrogen-bond donors (Lipinski definition) is 0. The zero-order valence-corrected chi connectivity index (χ0v) is 15.1. The lowest BCUT2D eigenvalue weighted by Gasteiger charge is -2.05. The first-order valence-electron chi connectivity index (χ1n) is 7.44. The fraction of sp³-hybridized carbons (Fsp3) is 0.105. The molecule has 0 radical (unpaired) electrons. The molecule has 4 nitrogen and oxygen atoms in total. The van der Waals surface area contributed by atoms with Gasteiger partial charge >= 0.3 is 0 Å².